The summed E-state index contributed by atoms with van der Waals surface area (Å²) in [6, 6.07) is 14.1. The van der Waals surface area contributed by atoms with Crippen LogP contribution in [-0.2, 0) is 17.8 Å². The van der Waals surface area contributed by atoms with Crippen molar-refractivity contribution in [2.45, 2.75) is 13.0 Å². The van der Waals surface area contributed by atoms with Crippen LogP contribution >= 0.6 is 11.6 Å². The van der Waals surface area contributed by atoms with Crippen molar-refractivity contribution in [2.24, 2.45) is 0 Å². The lowest BCUT2D eigenvalue weighted by Crippen LogP contribution is -1.99. The third-order valence-electron chi connectivity index (χ3n) is 2.47. The number of pyridine rings is 1. The van der Waals surface area contributed by atoms with Gasteiger partial charge in [0.2, 0.25) is 0 Å². The average Bonchev–Trinajstić information content (AvgIpc) is 2.38. The van der Waals surface area contributed by atoms with Gasteiger partial charge in [0.05, 0.1) is 13.2 Å². The molecule has 0 aliphatic heterocycles. The molecule has 0 radical (unpaired) electrons. The van der Waals surface area contributed by atoms with Gasteiger partial charge < -0.3 is 4.74 Å². The molecule has 17 heavy (non-hydrogen) atoms. The van der Waals surface area contributed by atoms with E-state index in [1.54, 1.807) is 6.20 Å². The van der Waals surface area contributed by atoms with Crippen LogP contribution in [0.1, 0.15) is 11.1 Å². The largest absolute Gasteiger partial charge is 0.376 e. The van der Waals surface area contributed by atoms with Gasteiger partial charge in [-0.1, -0.05) is 48.0 Å². The number of rotatable bonds is 5. The van der Waals surface area contributed by atoms with Gasteiger partial charge in [-0.15, -0.1) is 0 Å². The summed E-state index contributed by atoms with van der Waals surface area (Å²) in [5, 5.41) is 0.521. The van der Waals surface area contributed by atoms with Crippen LogP contribution in [0.3, 0.4) is 0 Å². The SMILES string of the molecule is Clc1ncccc1COCCc1ccccc1. The summed E-state index contributed by atoms with van der Waals surface area (Å²) in [5.74, 6) is 0. The zero-order chi connectivity index (χ0) is 11.9. The van der Waals surface area contributed by atoms with Crippen LogP contribution in [0, 0.1) is 0 Å². The Morgan fingerprint density at radius 3 is 2.65 bits per heavy atom. The Labute approximate surface area is 106 Å². The second-order valence-electron chi connectivity index (χ2n) is 3.74. The van der Waals surface area contributed by atoms with Crippen LogP contribution in [0.2, 0.25) is 5.15 Å². The first kappa shape index (κ1) is 12.1. The van der Waals surface area contributed by atoms with Gasteiger partial charge in [-0.3, -0.25) is 0 Å². The molecule has 0 amide bonds. The Kier molecular flexibility index (Phi) is 4.54. The van der Waals surface area contributed by atoms with Crippen LogP contribution in [0.25, 0.3) is 0 Å². The van der Waals surface area contributed by atoms with Crippen LogP contribution in [0.15, 0.2) is 48.7 Å². The topological polar surface area (TPSA) is 22.1 Å². The van der Waals surface area contributed by atoms with Gasteiger partial charge in [0.15, 0.2) is 0 Å². The lowest BCUT2D eigenvalue weighted by Gasteiger charge is -2.05. The van der Waals surface area contributed by atoms with Gasteiger partial charge >= 0.3 is 0 Å². The lowest BCUT2D eigenvalue weighted by atomic mass is 10.2. The molecule has 1 aromatic carbocycles. The molecule has 0 fully saturated rings. The van der Waals surface area contributed by atoms with E-state index in [4.69, 9.17) is 16.3 Å². The molecular formula is C14H14ClNO. The monoisotopic (exact) mass is 247 g/mol. The number of aromatic nitrogens is 1. The molecule has 2 aromatic rings. The van der Waals surface area contributed by atoms with E-state index < -0.39 is 0 Å². The van der Waals surface area contributed by atoms with Crippen LogP contribution < -0.4 is 0 Å². The van der Waals surface area contributed by atoms with E-state index in [0.29, 0.717) is 18.4 Å². The first-order chi connectivity index (χ1) is 8.36. The van der Waals surface area contributed by atoms with Gasteiger partial charge in [0.1, 0.15) is 5.15 Å². The summed E-state index contributed by atoms with van der Waals surface area (Å²) in [5.41, 5.74) is 2.21. The minimum atomic E-state index is 0.513. The molecule has 2 nitrogen and oxygen atoms in total. The number of ether oxygens (including phenoxy) is 1. The minimum absolute atomic E-state index is 0.513. The Hall–Kier alpha value is -1.38. The van der Waals surface area contributed by atoms with Gasteiger partial charge in [0, 0.05) is 11.8 Å². The first-order valence-corrected chi connectivity index (χ1v) is 5.95. The zero-order valence-corrected chi connectivity index (χ0v) is 10.2. The highest BCUT2D eigenvalue weighted by molar-refractivity contribution is 6.30. The average molecular weight is 248 g/mol. The number of halogens is 1. The summed E-state index contributed by atoms with van der Waals surface area (Å²) >= 11 is 5.93. The van der Waals surface area contributed by atoms with Crippen molar-refractivity contribution in [1.29, 1.82) is 0 Å². The first-order valence-electron chi connectivity index (χ1n) is 5.57. The molecule has 0 spiro atoms. The molecule has 2 rings (SSSR count). The molecule has 0 aliphatic rings. The normalized spacial score (nSPS) is 10.4. The van der Waals surface area contributed by atoms with E-state index in [1.807, 2.05) is 30.3 Å². The van der Waals surface area contributed by atoms with E-state index >= 15 is 0 Å². The predicted octanol–water partition coefficient (Wildman–Crippen LogP) is 3.49. The zero-order valence-electron chi connectivity index (χ0n) is 9.47. The maximum absolute atomic E-state index is 5.93. The summed E-state index contributed by atoms with van der Waals surface area (Å²) in [6.07, 6.45) is 2.59. The fourth-order valence-corrected chi connectivity index (χ4v) is 1.72. The van der Waals surface area contributed by atoms with E-state index in [0.717, 1.165) is 12.0 Å². The van der Waals surface area contributed by atoms with E-state index in [2.05, 4.69) is 17.1 Å². The number of hydrogen-bond acceptors (Lipinski definition) is 2. The van der Waals surface area contributed by atoms with Crippen LogP contribution in [0.5, 0.6) is 0 Å². The molecule has 0 N–H and O–H groups in total. The van der Waals surface area contributed by atoms with Crippen molar-refractivity contribution in [3.05, 3.63) is 64.9 Å². The molecule has 0 aliphatic carbocycles. The molecule has 1 heterocycles. The lowest BCUT2D eigenvalue weighted by molar-refractivity contribution is 0.123. The quantitative estimate of drug-likeness (QED) is 0.596. The summed E-state index contributed by atoms with van der Waals surface area (Å²) in [4.78, 5) is 4.00. The predicted molar refractivity (Wildman–Crippen MR) is 69.0 cm³/mol. The molecule has 0 saturated heterocycles. The second kappa shape index (κ2) is 6.38. The minimum Gasteiger partial charge on any atom is -0.376 e. The van der Waals surface area contributed by atoms with Crippen molar-refractivity contribution in [1.82, 2.24) is 4.98 Å². The van der Waals surface area contributed by atoms with Crippen molar-refractivity contribution in [3.8, 4) is 0 Å². The van der Waals surface area contributed by atoms with E-state index in [9.17, 15) is 0 Å². The Balaban J connectivity index is 1.76. The van der Waals surface area contributed by atoms with E-state index in [-0.39, 0.29) is 0 Å². The van der Waals surface area contributed by atoms with Gasteiger partial charge in [0.25, 0.3) is 0 Å². The van der Waals surface area contributed by atoms with Crippen molar-refractivity contribution in [2.75, 3.05) is 6.61 Å². The highest BCUT2D eigenvalue weighted by Crippen LogP contribution is 2.12. The van der Waals surface area contributed by atoms with Gasteiger partial charge in [-0.2, -0.15) is 0 Å². The maximum Gasteiger partial charge on any atom is 0.134 e. The van der Waals surface area contributed by atoms with Crippen molar-refractivity contribution < 1.29 is 4.74 Å². The third-order valence-corrected chi connectivity index (χ3v) is 2.81. The summed E-state index contributed by atoms with van der Waals surface area (Å²) in [6.45, 7) is 1.20. The van der Waals surface area contributed by atoms with Crippen LogP contribution in [0.4, 0.5) is 0 Å². The maximum atomic E-state index is 5.93. The number of hydrogen-bond donors (Lipinski definition) is 0. The molecular weight excluding hydrogens is 234 g/mol. The second-order valence-corrected chi connectivity index (χ2v) is 4.10. The molecule has 1 aromatic heterocycles. The molecule has 0 atom stereocenters. The van der Waals surface area contributed by atoms with Crippen molar-refractivity contribution >= 4 is 11.6 Å². The Morgan fingerprint density at radius 1 is 1.06 bits per heavy atom. The van der Waals surface area contributed by atoms with Crippen molar-refractivity contribution in [3.63, 3.8) is 0 Å². The molecule has 0 saturated carbocycles. The Bertz CT molecular complexity index is 459. The molecule has 0 bridgehead atoms. The van der Waals surface area contributed by atoms with Gasteiger partial charge in [-0.25, -0.2) is 4.98 Å². The fraction of sp³-hybridized carbons (Fsp3) is 0.214. The van der Waals surface area contributed by atoms with E-state index in [1.165, 1.54) is 5.56 Å². The molecule has 88 valence electrons. The highest BCUT2D eigenvalue weighted by Gasteiger charge is 2.00. The van der Waals surface area contributed by atoms with Crippen LogP contribution in [-0.4, -0.2) is 11.6 Å². The van der Waals surface area contributed by atoms with Gasteiger partial charge in [-0.05, 0) is 18.1 Å². The summed E-state index contributed by atoms with van der Waals surface area (Å²) in [7, 11) is 0. The Morgan fingerprint density at radius 2 is 1.88 bits per heavy atom. The number of nitrogens with zero attached hydrogens (tertiary/aromatic N) is 1. The highest BCUT2D eigenvalue weighted by atomic mass is 35.5. The third kappa shape index (κ3) is 3.84. The molecule has 0 unspecified atom stereocenters. The number of benzene rings is 1. The molecule has 3 heteroatoms. The standard InChI is InChI=1S/C14H14ClNO/c15-14-13(7-4-9-16-14)11-17-10-8-12-5-2-1-3-6-12/h1-7,9H,8,10-11H2. The smallest absolute Gasteiger partial charge is 0.134 e. The fourth-order valence-electron chi connectivity index (χ4n) is 1.54. The summed E-state index contributed by atoms with van der Waals surface area (Å²) < 4.78 is 5.58.